The number of rotatable bonds is 5. The standard InChI is InChI=1S/C15H17N3O3/c1-3-16-14(19)11(2)21-15(20)12-5-7-13(8-6-12)18-10-4-9-17-18/h4-11H,3H2,1-2H3,(H,16,19)/t11-/m0/s1. The predicted octanol–water partition coefficient (Wildman–Crippen LogP) is 1.55. The van der Waals surface area contributed by atoms with E-state index in [1.807, 2.05) is 12.3 Å². The highest BCUT2D eigenvalue weighted by molar-refractivity contribution is 5.92. The molecule has 1 atom stereocenters. The van der Waals surface area contributed by atoms with Crippen molar-refractivity contribution in [3.63, 3.8) is 0 Å². The van der Waals surface area contributed by atoms with Crippen molar-refractivity contribution in [3.8, 4) is 5.69 Å². The SMILES string of the molecule is CCNC(=O)[C@H](C)OC(=O)c1ccc(-n2cccn2)cc1. The first-order valence-corrected chi connectivity index (χ1v) is 6.70. The zero-order valence-electron chi connectivity index (χ0n) is 11.9. The van der Waals surface area contributed by atoms with E-state index in [0.717, 1.165) is 5.69 Å². The van der Waals surface area contributed by atoms with Crippen LogP contribution < -0.4 is 5.32 Å². The lowest BCUT2D eigenvalue weighted by molar-refractivity contribution is -0.128. The molecule has 2 aromatic rings. The summed E-state index contributed by atoms with van der Waals surface area (Å²) in [7, 11) is 0. The van der Waals surface area contributed by atoms with Crippen molar-refractivity contribution in [2.45, 2.75) is 20.0 Å². The minimum Gasteiger partial charge on any atom is -0.449 e. The van der Waals surface area contributed by atoms with Crippen LogP contribution in [0.5, 0.6) is 0 Å². The summed E-state index contributed by atoms with van der Waals surface area (Å²) in [5, 5.41) is 6.70. The number of amides is 1. The second kappa shape index (κ2) is 6.69. The summed E-state index contributed by atoms with van der Waals surface area (Å²) >= 11 is 0. The maximum Gasteiger partial charge on any atom is 0.338 e. The molecule has 2 rings (SSSR count). The highest BCUT2D eigenvalue weighted by Crippen LogP contribution is 2.10. The molecule has 6 nitrogen and oxygen atoms in total. The lowest BCUT2D eigenvalue weighted by Gasteiger charge is -2.12. The van der Waals surface area contributed by atoms with Gasteiger partial charge in [-0.25, -0.2) is 9.48 Å². The molecule has 0 aliphatic rings. The number of carbonyl (C=O) groups excluding carboxylic acids is 2. The van der Waals surface area contributed by atoms with Gasteiger partial charge in [0.05, 0.1) is 11.3 Å². The van der Waals surface area contributed by atoms with Crippen molar-refractivity contribution in [1.29, 1.82) is 0 Å². The lowest BCUT2D eigenvalue weighted by atomic mass is 10.2. The number of hydrogen-bond donors (Lipinski definition) is 1. The number of hydrogen-bond acceptors (Lipinski definition) is 4. The normalized spacial score (nSPS) is 11.7. The molecule has 1 aromatic heterocycles. The zero-order chi connectivity index (χ0) is 15.2. The monoisotopic (exact) mass is 287 g/mol. The molecule has 6 heteroatoms. The first-order valence-electron chi connectivity index (χ1n) is 6.70. The van der Waals surface area contributed by atoms with Crippen molar-refractivity contribution < 1.29 is 14.3 Å². The average Bonchev–Trinajstić information content (AvgIpc) is 3.01. The van der Waals surface area contributed by atoms with Crippen LogP contribution in [0.25, 0.3) is 5.69 Å². The molecule has 0 bridgehead atoms. The van der Waals surface area contributed by atoms with Crippen molar-refractivity contribution in [1.82, 2.24) is 15.1 Å². The summed E-state index contributed by atoms with van der Waals surface area (Å²) in [6.45, 7) is 3.85. The van der Waals surface area contributed by atoms with Gasteiger partial charge >= 0.3 is 5.97 Å². The Hall–Kier alpha value is -2.63. The Labute approximate surface area is 122 Å². The van der Waals surface area contributed by atoms with E-state index in [2.05, 4.69) is 10.4 Å². The summed E-state index contributed by atoms with van der Waals surface area (Å²) in [5.41, 5.74) is 1.23. The van der Waals surface area contributed by atoms with Crippen molar-refractivity contribution in [2.75, 3.05) is 6.54 Å². The predicted molar refractivity (Wildman–Crippen MR) is 77.1 cm³/mol. The summed E-state index contributed by atoms with van der Waals surface area (Å²) in [6, 6.07) is 8.63. The molecule has 0 radical (unpaired) electrons. The van der Waals surface area contributed by atoms with E-state index in [1.165, 1.54) is 0 Å². The fraction of sp³-hybridized carbons (Fsp3) is 0.267. The third-order valence-corrected chi connectivity index (χ3v) is 2.88. The fourth-order valence-electron chi connectivity index (χ4n) is 1.77. The minimum atomic E-state index is -0.816. The molecule has 0 aliphatic heterocycles. The Morgan fingerprint density at radius 1 is 1.33 bits per heavy atom. The molecule has 0 saturated carbocycles. The van der Waals surface area contributed by atoms with Crippen LogP contribution in [0.15, 0.2) is 42.7 Å². The van der Waals surface area contributed by atoms with Gasteiger partial charge in [-0.3, -0.25) is 4.79 Å². The highest BCUT2D eigenvalue weighted by Gasteiger charge is 2.18. The quantitative estimate of drug-likeness (QED) is 0.847. The van der Waals surface area contributed by atoms with E-state index in [1.54, 1.807) is 49.0 Å². The van der Waals surface area contributed by atoms with Crippen molar-refractivity contribution in [2.24, 2.45) is 0 Å². The summed E-state index contributed by atoms with van der Waals surface area (Å²) < 4.78 is 6.79. The fourth-order valence-corrected chi connectivity index (χ4v) is 1.77. The molecule has 0 fully saturated rings. The van der Waals surface area contributed by atoms with E-state index in [-0.39, 0.29) is 5.91 Å². The molecule has 21 heavy (non-hydrogen) atoms. The molecule has 0 saturated heterocycles. The van der Waals surface area contributed by atoms with E-state index < -0.39 is 12.1 Å². The Morgan fingerprint density at radius 3 is 2.62 bits per heavy atom. The van der Waals surface area contributed by atoms with Crippen molar-refractivity contribution >= 4 is 11.9 Å². The number of nitrogens with one attached hydrogen (secondary N) is 1. The maximum absolute atomic E-state index is 11.9. The Morgan fingerprint density at radius 2 is 2.05 bits per heavy atom. The molecule has 1 aromatic carbocycles. The van der Waals surface area contributed by atoms with Crippen molar-refractivity contribution in [3.05, 3.63) is 48.3 Å². The Kier molecular flexibility index (Phi) is 4.71. The van der Waals surface area contributed by atoms with Gasteiger partial charge in [-0.2, -0.15) is 5.10 Å². The molecular formula is C15H17N3O3. The van der Waals surface area contributed by atoms with Gasteiger partial charge in [0.2, 0.25) is 0 Å². The molecule has 0 unspecified atom stereocenters. The van der Waals surface area contributed by atoms with E-state index >= 15 is 0 Å². The van der Waals surface area contributed by atoms with Gasteiger partial charge in [-0.15, -0.1) is 0 Å². The molecule has 110 valence electrons. The first kappa shape index (κ1) is 14.8. The second-order valence-corrected chi connectivity index (χ2v) is 4.44. The van der Waals surface area contributed by atoms with Gasteiger partial charge in [0, 0.05) is 18.9 Å². The third-order valence-electron chi connectivity index (χ3n) is 2.88. The highest BCUT2D eigenvalue weighted by atomic mass is 16.5. The summed E-state index contributed by atoms with van der Waals surface area (Å²) in [4.78, 5) is 23.5. The van der Waals surface area contributed by atoms with Gasteiger partial charge in [0.1, 0.15) is 0 Å². The maximum atomic E-state index is 11.9. The number of aromatic nitrogens is 2. The van der Waals surface area contributed by atoms with Gasteiger partial charge in [0.25, 0.3) is 5.91 Å². The number of carbonyl (C=O) groups is 2. The van der Waals surface area contributed by atoms with Crippen LogP contribution in [0.3, 0.4) is 0 Å². The van der Waals surface area contributed by atoms with E-state index in [0.29, 0.717) is 12.1 Å². The minimum absolute atomic E-state index is 0.306. The average molecular weight is 287 g/mol. The second-order valence-electron chi connectivity index (χ2n) is 4.44. The largest absolute Gasteiger partial charge is 0.449 e. The molecular weight excluding hydrogens is 270 g/mol. The molecule has 1 N–H and O–H groups in total. The first-order chi connectivity index (χ1) is 10.1. The van der Waals surface area contributed by atoms with Crippen LogP contribution in [0.2, 0.25) is 0 Å². The van der Waals surface area contributed by atoms with Gasteiger partial charge < -0.3 is 10.1 Å². The van der Waals surface area contributed by atoms with Gasteiger partial charge in [0.15, 0.2) is 6.10 Å². The Bertz CT molecular complexity index is 606. The summed E-state index contributed by atoms with van der Waals surface area (Å²) in [6.07, 6.45) is 2.67. The molecule has 1 amide bonds. The van der Waals surface area contributed by atoms with E-state index in [9.17, 15) is 9.59 Å². The number of likely N-dealkylation sites (N-methyl/N-ethyl adjacent to an activating group) is 1. The lowest BCUT2D eigenvalue weighted by Crippen LogP contribution is -2.35. The zero-order valence-corrected chi connectivity index (χ0v) is 11.9. The van der Waals surface area contributed by atoms with Crippen LogP contribution >= 0.6 is 0 Å². The van der Waals surface area contributed by atoms with Crippen LogP contribution in [0.1, 0.15) is 24.2 Å². The third kappa shape index (κ3) is 3.68. The number of nitrogens with zero attached hydrogens (tertiary/aromatic N) is 2. The van der Waals surface area contributed by atoms with Gasteiger partial charge in [-0.1, -0.05) is 0 Å². The molecule has 0 spiro atoms. The molecule has 0 aliphatic carbocycles. The Balaban J connectivity index is 2.02. The molecule has 1 heterocycles. The number of ether oxygens (including phenoxy) is 1. The van der Waals surface area contributed by atoms with Crippen LogP contribution in [-0.4, -0.2) is 34.3 Å². The number of benzene rings is 1. The van der Waals surface area contributed by atoms with Gasteiger partial charge in [-0.05, 0) is 44.2 Å². The van der Waals surface area contributed by atoms with Crippen LogP contribution in [0.4, 0.5) is 0 Å². The summed E-state index contributed by atoms with van der Waals surface area (Å²) in [5.74, 6) is -0.834. The van der Waals surface area contributed by atoms with E-state index in [4.69, 9.17) is 4.74 Å². The topological polar surface area (TPSA) is 73.2 Å². The van der Waals surface area contributed by atoms with Crippen LogP contribution in [-0.2, 0) is 9.53 Å². The smallest absolute Gasteiger partial charge is 0.338 e. The van der Waals surface area contributed by atoms with Crippen LogP contribution in [0, 0.1) is 0 Å². The number of esters is 1.